The highest BCUT2D eigenvalue weighted by molar-refractivity contribution is 7.08. The van der Waals surface area contributed by atoms with E-state index in [1.54, 1.807) is 11.3 Å². The SMILES string of the molecule is Cc1cscc1C(=O)C1CCC(C)C(C)C1. The van der Waals surface area contributed by atoms with Gasteiger partial charge in [0.1, 0.15) is 0 Å². The highest BCUT2D eigenvalue weighted by Gasteiger charge is 2.30. The third-order valence-electron chi connectivity index (χ3n) is 4.09. The van der Waals surface area contributed by atoms with Gasteiger partial charge in [0.2, 0.25) is 0 Å². The summed E-state index contributed by atoms with van der Waals surface area (Å²) in [7, 11) is 0. The summed E-state index contributed by atoms with van der Waals surface area (Å²) >= 11 is 1.64. The van der Waals surface area contributed by atoms with E-state index in [4.69, 9.17) is 0 Å². The Bertz CT molecular complexity index is 380. The highest BCUT2D eigenvalue weighted by Crippen LogP contribution is 2.35. The number of hydrogen-bond donors (Lipinski definition) is 0. The molecule has 16 heavy (non-hydrogen) atoms. The maximum atomic E-state index is 12.3. The van der Waals surface area contributed by atoms with E-state index in [9.17, 15) is 4.79 Å². The Hall–Kier alpha value is -0.630. The maximum absolute atomic E-state index is 12.3. The molecule has 88 valence electrons. The Labute approximate surface area is 102 Å². The van der Waals surface area contributed by atoms with E-state index in [1.165, 1.54) is 6.42 Å². The molecule has 2 rings (SSSR count). The Balaban J connectivity index is 2.09. The Kier molecular flexibility index (Phi) is 3.48. The van der Waals surface area contributed by atoms with E-state index in [0.717, 1.165) is 29.9 Å². The average Bonchev–Trinajstić information content (AvgIpc) is 2.67. The highest BCUT2D eigenvalue weighted by atomic mass is 32.1. The first-order chi connectivity index (χ1) is 7.59. The summed E-state index contributed by atoms with van der Waals surface area (Å²) in [6.45, 7) is 6.63. The molecule has 1 aromatic heterocycles. The van der Waals surface area contributed by atoms with Gasteiger partial charge in [-0.05, 0) is 49.0 Å². The molecule has 1 aliphatic rings. The lowest BCUT2D eigenvalue weighted by Crippen LogP contribution is -2.26. The fraction of sp³-hybridized carbons (Fsp3) is 0.643. The summed E-state index contributed by atoms with van der Waals surface area (Å²) in [6.07, 6.45) is 3.37. The molecule has 0 aromatic carbocycles. The van der Waals surface area contributed by atoms with Crippen LogP contribution in [0.2, 0.25) is 0 Å². The molecule has 1 heterocycles. The van der Waals surface area contributed by atoms with Crippen molar-refractivity contribution in [1.29, 1.82) is 0 Å². The summed E-state index contributed by atoms with van der Waals surface area (Å²) < 4.78 is 0. The molecule has 0 amide bonds. The number of ketones is 1. The first-order valence-corrected chi connectivity index (χ1v) is 7.11. The van der Waals surface area contributed by atoms with Crippen LogP contribution in [0.1, 0.15) is 49.0 Å². The van der Waals surface area contributed by atoms with Crippen LogP contribution in [0.25, 0.3) is 0 Å². The summed E-state index contributed by atoms with van der Waals surface area (Å²) in [5.41, 5.74) is 2.12. The van der Waals surface area contributed by atoms with Gasteiger partial charge in [0, 0.05) is 16.9 Å². The number of hydrogen-bond acceptors (Lipinski definition) is 2. The quantitative estimate of drug-likeness (QED) is 0.699. The number of Topliss-reactive ketones (excluding diaryl/α,β-unsaturated/α-hetero) is 1. The molecule has 1 nitrogen and oxygen atoms in total. The Morgan fingerprint density at radius 3 is 2.56 bits per heavy atom. The maximum Gasteiger partial charge on any atom is 0.167 e. The molecule has 1 aromatic rings. The second kappa shape index (κ2) is 4.70. The van der Waals surface area contributed by atoms with Gasteiger partial charge in [-0.2, -0.15) is 11.3 Å². The van der Waals surface area contributed by atoms with E-state index < -0.39 is 0 Å². The fourth-order valence-corrected chi connectivity index (χ4v) is 3.46. The fourth-order valence-electron chi connectivity index (χ4n) is 2.62. The zero-order valence-electron chi connectivity index (χ0n) is 10.3. The molecule has 3 unspecified atom stereocenters. The largest absolute Gasteiger partial charge is 0.294 e. The van der Waals surface area contributed by atoms with Crippen LogP contribution >= 0.6 is 11.3 Å². The topological polar surface area (TPSA) is 17.1 Å². The van der Waals surface area contributed by atoms with Gasteiger partial charge in [0.25, 0.3) is 0 Å². The van der Waals surface area contributed by atoms with Gasteiger partial charge in [-0.1, -0.05) is 13.8 Å². The summed E-state index contributed by atoms with van der Waals surface area (Å²) in [5.74, 6) is 2.14. The number of thiophene rings is 1. The van der Waals surface area contributed by atoms with Crippen LogP contribution in [0.5, 0.6) is 0 Å². The van der Waals surface area contributed by atoms with Crippen molar-refractivity contribution >= 4 is 17.1 Å². The van der Waals surface area contributed by atoms with E-state index in [-0.39, 0.29) is 5.92 Å². The van der Waals surface area contributed by atoms with Crippen molar-refractivity contribution in [2.24, 2.45) is 17.8 Å². The third kappa shape index (κ3) is 2.22. The smallest absolute Gasteiger partial charge is 0.167 e. The number of carbonyl (C=O) groups excluding carboxylic acids is 1. The predicted octanol–water partition coefficient (Wildman–Crippen LogP) is 4.31. The van der Waals surface area contributed by atoms with Gasteiger partial charge < -0.3 is 0 Å². The standard InChI is InChI=1S/C14H20OS/c1-9-4-5-12(6-10(9)2)14(15)13-8-16-7-11(13)3/h7-10,12H,4-6H2,1-3H3. The molecule has 0 spiro atoms. The predicted molar refractivity (Wildman–Crippen MR) is 69.1 cm³/mol. The number of aryl methyl sites for hydroxylation is 1. The lowest BCUT2D eigenvalue weighted by Gasteiger charge is -2.31. The summed E-state index contributed by atoms with van der Waals surface area (Å²) in [4.78, 5) is 12.3. The number of rotatable bonds is 2. The third-order valence-corrected chi connectivity index (χ3v) is 4.95. The second-order valence-electron chi connectivity index (χ2n) is 5.30. The second-order valence-corrected chi connectivity index (χ2v) is 6.04. The monoisotopic (exact) mass is 236 g/mol. The molecular weight excluding hydrogens is 216 g/mol. The van der Waals surface area contributed by atoms with Crippen LogP contribution < -0.4 is 0 Å². The van der Waals surface area contributed by atoms with Crippen LogP contribution in [0.3, 0.4) is 0 Å². The Morgan fingerprint density at radius 1 is 1.25 bits per heavy atom. The minimum atomic E-state index is 0.277. The molecule has 0 aliphatic heterocycles. The molecule has 2 heteroatoms. The number of carbonyl (C=O) groups is 1. The lowest BCUT2D eigenvalue weighted by atomic mass is 9.73. The molecular formula is C14H20OS. The van der Waals surface area contributed by atoms with Crippen LogP contribution in [0, 0.1) is 24.7 Å². The van der Waals surface area contributed by atoms with Gasteiger partial charge in [0.15, 0.2) is 5.78 Å². The molecule has 0 N–H and O–H groups in total. The van der Waals surface area contributed by atoms with E-state index >= 15 is 0 Å². The summed E-state index contributed by atoms with van der Waals surface area (Å²) in [5, 5.41) is 4.09. The van der Waals surface area contributed by atoms with Crippen molar-refractivity contribution in [2.45, 2.75) is 40.0 Å². The van der Waals surface area contributed by atoms with Crippen molar-refractivity contribution in [2.75, 3.05) is 0 Å². The lowest BCUT2D eigenvalue weighted by molar-refractivity contribution is 0.0837. The first-order valence-electron chi connectivity index (χ1n) is 6.16. The minimum absolute atomic E-state index is 0.277. The molecule has 0 saturated heterocycles. The molecule has 1 aliphatic carbocycles. The van der Waals surface area contributed by atoms with Crippen molar-refractivity contribution < 1.29 is 4.79 Å². The van der Waals surface area contributed by atoms with Crippen molar-refractivity contribution in [3.63, 3.8) is 0 Å². The van der Waals surface area contributed by atoms with Gasteiger partial charge in [-0.25, -0.2) is 0 Å². The van der Waals surface area contributed by atoms with E-state index in [2.05, 4.69) is 19.2 Å². The van der Waals surface area contributed by atoms with E-state index in [1.807, 2.05) is 12.3 Å². The molecule has 3 atom stereocenters. The molecule has 1 saturated carbocycles. The molecule has 0 radical (unpaired) electrons. The van der Waals surface area contributed by atoms with E-state index in [0.29, 0.717) is 11.7 Å². The van der Waals surface area contributed by atoms with Crippen LogP contribution in [-0.4, -0.2) is 5.78 Å². The Morgan fingerprint density at radius 2 is 2.00 bits per heavy atom. The van der Waals surface area contributed by atoms with Crippen LogP contribution in [0.15, 0.2) is 10.8 Å². The van der Waals surface area contributed by atoms with Crippen molar-refractivity contribution in [1.82, 2.24) is 0 Å². The normalized spacial score (nSPS) is 30.3. The summed E-state index contributed by atoms with van der Waals surface area (Å²) in [6, 6.07) is 0. The van der Waals surface area contributed by atoms with Crippen molar-refractivity contribution in [3.05, 3.63) is 21.9 Å². The van der Waals surface area contributed by atoms with Gasteiger partial charge in [-0.3, -0.25) is 4.79 Å². The van der Waals surface area contributed by atoms with Crippen LogP contribution in [0.4, 0.5) is 0 Å². The zero-order valence-corrected chi connectivity index (χ0v) is 11.1. The van der Waals surface area contributed by atoms with Gasteiger partial charge in [0.05, 0.1) is 0 Å². The van der Waals surface area contributed by atoms with Crippen LogP contribution in [-0.2, 0) is 0 Å². The first kappa shape index (κ1) is 11.8. The van der Waals surface area contributed by atoms with Gasteiger partial charge >= 0.3 is 0 Å². The average molecular weight is 236 g/mol. The minimum Gasteiger partial charge on any atom is -0.294 e. The zero-order chi connectivity index (χ0) is 11.7. The van der Waals surface area contributed by atoms with Gasteiger partial charge in [-0.15, -0.1) is 0 Å². The molecule has 1 fully saturated rings. The molecule has 0 bridgehead atoms. The van der Waals surface area contributed by atoms with Crippen molar-refractivity contribution in [3.8, 4) is 0 Å².